The molecule has 2 aliphatic heterocycles. The van der Waals surface area contributed by atoms with Crippen molar-refractivity contribution in [1.29, 1.82) is 0 Å². The number of fused-ring (bicyclic) bond motifs is 1. The molecule has 0 aromatic rings. The van der Waals surface area contributed by atoms with Gasteiger partial charge >= 0.3 is 11.9 Å². The minimum atomic E-state index is -0.826. The average molecular weight is 474 g/mol. The number of aliphatic hydroxyl groups is 1. The highest BCUT2D eigenvalue weighted by atomic mass is 16.5. The van der Waals surface area contributed by atoms with Crippen LogP contribution in [-0.2, 0) is 28.7 Å². The highest BCUT2D eigenvalue weighted by molar-refractivity contribution is 6.12. The first-order valence-electron chi connectivity index (χ1n) is 12.3. The molecule has 0 spiro atoms. The van der Waals surface area contributed by atoms with E-state index < -0.39 is 12.1 Å². The maximum Gasteiger partial charge on any atom is 0.330 e. The largest absolute Gasteiger partial charge is 0.462 e. The van der Waals surface area contributed by atoms with Gasteiger partial charge in [0, 0.05) is 31.2 Å². The normalized spacial score (nSPS) is 31.8. The Bertz CT molecular complexity index is 828. The van der Waals surface area contributed by atoms with Crippen LogP contribution in [0.4, 0.5) is 0 Å². The second-order valence-corrected chi connectivity index (χ2v) is 9.34. The summed E-state index contributed by atoms with van der Waals surface area (Å²) in [5.41, 5.74) is 0. The third kappa shape index (κ3) is 7.65. The van der Waals surface area contributed by atoms with Gasteiger partial charge in [0.05, 0.1) is 12.2 Å². The Morgan fingerprint density at radius 3 is 2.62 bits per heavy atom. The maximum absolute atomic E-state index is 12.4. The van der Waals surface area contributed by atoms with Gasteiger partial charge in [-0.15, -0.1) is 0 Å². The summed E-state index contributed by atoms with van der Waals surface area (Å²) < 4.78 is 11.0. The van der Waals surface area contributed by atoms with E-state index in [2.05, 4.69) is 12.2 Å². The van der Waals surface area contributed by atoms with Crippen molar-refractivity contribution >= 4 is 23.8 Å². The van der Waals surface area contributed by atoms with E-state index in [1.54, 1.807) is 0 Å². The molecular formula is C26H35NO7. The fourth-order valence-corrected chi connectivity index (χ4v) is 4.79. The zero-order chi connectivity index (χ0) is 24.5. The number of imide groups is 1. The van der Waals surface area contributed by atoms with Crippen LogP contribution in [0.2, 0.25) is 0 Å². The lowest BCUT2D eigenvalue weighted by atomic mass is 9.90. The zero-order valence-corrected chi connectivity index (χ0v) is 19.8. The van der Waals surface area contributed by atoms with E-state index in [0.717, 1.165) is 19.3 Å². The topological polar surface area (TPSA) is 110 Å². The van der Waals surface area contributed by atoms with Crippen LogP contribution < -0.4 is 0 Å². The standard InChI is InChI=1S/C26H35NO7/c1-18-8-4-2-5-9-19-16-20(17-21(19)22(28)11-14-26(32)33-18)34-25(31)10-6-3-7-15-27-23(29)12-13-24(27)30/h5,9,11-14,18-22,28H,2-4,6-8,10,15-17H2,1H3/b9-5+,14-11+/t18-,19+,20-,21+,22?/m0/s1. The number of nitrogens with zero attached hydrogens (tertiary/aromatic N) is 1. The lowest BCUT2D eigenvalue weighted by Crippen LogP contribution is -2.30. The number of amides is 2. The number of cyclic esters (lactones) is 1. The van der Waals surface area contributed by atoms with Gasteiger partial charge in [0.1, 0.15) is 6.10 Å². The number of carbonyl (C=O) groups is 4. The van der Waals surface area contributed by atoms with Crippen LogP contribution in [0, 0.1) is 11.8 Å². The maximum atomic E-state index is 12.4. The summed E-state index contributed by atoms with van der Waals surface area (Å²) in [7, 11) is 0. The predicted molar refractivity (Wildman–Crippen MR) is 124 cm³/mol. The van der Waals surface area contributed by atoms with Crippen LogP contribution in [0.25, 0.3) is 0 Å². The first kappa shape index (κ1) is 25.9. The van der Waals surface area contributed by atoms with Crippen molar-refractivity contribution < 1.29 is 33.8 Å². The lowest BCUT2D eigenvalue weighted by Gasteiger charge is -2.19. The molecule has 8 nitrogen and oxygen atoms in total. The summed E-state index contributed by atoms with van der Waals surface area (Å²) in [6.07, 6.45) is 14.2. The van der Waals surface area contributed by atoms with Crippen molar-refractivity contribution in [3.63, 3.8) is 0 Å². The Hall–Kier alpha value is -2.74. The quantitative estimate of drug-likeness (QED) is 0.262. The number of ether oxygens (including phenoxy) is 2. The van der Waals surface area contributed by atoms with Gasteiger partial charge in [-0.2, -0.15) is 0 Å². The monoisotopic (exact) mass is 473 g/mol. The summed E-state index contributed by atoms with van der Waals surface area (Å²) in [5, 5.41) is 10.7. The smallest absolute Gasteiger partial charge is 0.330 e. The molecule has 0 saturated heterocycles. The van der Waals surface area contributed by atoms with E-state index in [0.29, 0.717) is 38.6 Å². The molecule has 1 fully saturated rings. The second-order valence-electron chi connectivity index (χ2n) is 9.34. The summed E-state index contributed by atoms with van der Waals surface area (Å²) in [5.74, 6) is -1.38. The van der Waals surface area contributed by atoms with Crippen molar-refractivity contribution in [2.24, 2.45) is 11.8 Å². The van der Waals surface area contributed by atoms with Gasteiger partial charge in [-0.3, -0.25) is 19.3 Å². The summed E-state index contributed by atoms with van der Waals surface area (Å²) in [6.45, 7) is 2.22. The molecule has 0 bridgehead atoms. The van der Waals surface area contributed by atoms with Gasteiger partial charge in [-0.05, 0) is 69.8 Å². The molecule has 0 radical (unpaired) electrons. The Morgan fingerprint density at radius 2 is 1.85 bits per heavy atom. The van der Waals surface area contributed by atoms with Gasteiger partial charge in [-0.25, -0.2) is 4.79 Å². The number of rotatable bonds is 7. The molecule has 8 heteroatoms. The van der Waals surface area contributed by atoms with Crippen molar-refractivity contribution in [3.8, 4) is 0 Å². The average Bonchev–Trinajstić information content (AvgIpc) is 3.33. The van der Waals surface area contributed by atoms with E-state index in [4.69, 9.17) is 9.47 Å². The SMILES string of the molecule is C[C@H]1CCC/C=C/[C@@H]2C[C@H](OC(=O)CCCCCN3C(=O)C=CC3=O)C[C@H]2C(O)/C=C/C(=O)O1. The number of aliphatic hydroxyl groups excluding tert-OH is 1. The highest BCUT2D eigenvalue weighted by Gasteiger charge is 2.38. The van der Waals surface area contributed by atoms with Crippen LogP contribution in [0.3, 0.4) is 0 Å². The molecule has 2 heterocycles. The molecule has 0 aromatic carbocycles. The molecule has 34 heavy (non-hydrogen) atoms. The molecule has 2 amide bonds. The highest BCUT2D eigenvalue weighted by Crippen LogP contribution is 2.38. The lowest BCUT2D eigenvalue weighted by molar-refractivity contribution is -0.149. The summed E-state index contributed by atoms with van der Waals surface area (Å²) in [6, 6.07) is 0. The molecule has 1 aliphatic carbocycles. The minimum absolute atomic E-state index is 0.0655. The zero-order valence-electron chi connectivity index (χ0n) is 19.8. The van der Waals surface area contributed by atoms with Gasteiger partial charge < -0.3 is 14.6 Å². The third-order valence-corrected chi connectivity index (χ3v) is 6.63. The molecule has 0 aromatic heterocycles. The van der Waals surface area contributed by atoms with Crippen LogP contribution >= 0.6 is 0 Å². The Kier molecular flexibility index (Phi) is 9.62. The van der Waals surface area contributed by atoms with Crippen molar-refractivity contribution in [2.45, 2.75) is 83.0 Å². The van der Waals surface area contributed by atoms with Crippen LogP contribution in [0.5, 0.6) is 0 Å². The predicted octanol–water partition coefficient (Wildman–Crippen LogP) is 3.00. The summed E-state index contributed by atoms with van der Waals surface area (Å²) in [4.78, 5) is 48.6. The van der Waals surface area contributed by atoms with E-state index in [9.17, 15) is 24.3 Å². The Morgan fingerprint density at radius 1 is 1.09 bits per heavy atom. The number of hydrogen-bond donors (Lipinski definition) is 1. The van der Waals surface area contributed by atoms with Gasteiger partial charge in [0.15, 0.2) is 0 Å². The van der Waals surface area contributed by atoms with Crippen molar-refractivity contribution in [2.75, 3.05) is 6.54 Å². The number of allylic oxidation sites excluding steroid dienone is 2. The van der Waals surface area contributed by atoms with Crippen LogP contribution in [-0.4, -0.2) is 58.6 Å². The third-order valence-electron chi connectivity index (χ3n) is 6.63. The molecule has 1 saturated carbocycles. The molecule has 5 atom stereocenters. The first-order chi connectivity index (χ1) is 16.3. The fraction of sp³-hybridized carbons (Fsp3) is 0.615. The molecule has 3 aliphatic rings. The van der Waals surface area contributed by atoms with E-state index in [1.165, 1.54) is 29.2 Å². The molecule has 186 valence electrons. The number of carbonyl (C=O) groups excluding carboxylic acids is 4. The first-order valence-corrected chi connectivity index (χ1v) is 12.3. The number of esters is 2. The Labute approximate surface area is 200 Å². The molecular weight excluding hydrogens is 438 g/mol. The molecule has 1 unspecified atom stereocenters. The van der Waals surface area contributed by atoms with Gasteiger partial charge in [0.25, 0.3) is 11.8 Å². The Balaban J connectivity index is 1.44. The summed E-state index contributed by atoms with van der Waals surface area (Å²) >= 11 is 0. The van der Waals surface area contributed by atoms with E-state index >= 15 is 0 Å². The van der Waals surface area contributed by atoms with E-state index in [1.807, 2.05) is 6.92 Å². The van der Waals surface area contributed by atoms with Crippen molar-refractivity contribution in [1.82, 2.24) is 4.90 Å². The molecule has 3 rings (SSSR count). The van der Waals surface area contributed by atoms with Crippen LogP contribution in [0.15, 0.2) is 36.5 Å². The fourth-order valence-electron chi connectivity index (χ4n) is 4.79. The van der Waals surface area contributed by atoms with E-state index in [-0.39, 0.29) is 48.2 Å². The number of unbranched alkanes of at least 4 members (excludes halogenated alkanes) is 2. The van der Waals surface area contributed by atoms with Crippen molar-refractivity contribution in [3.05, 3.63) is 36.5 Å². The van der Waals surface area contributed by atoms with Gasteiger partial charge in [-0.1, -0.05) is 18.6 Å². The van der Waals surface area contributed by atoms with Crippen LogP contribution in [0.1, 0.15) is 64.7 Å². The number of hydrogen-bond acceptors (Lipinski definition) is 7. The second kappa shape index (κ2) is 12.6. The molecule has 1 N–H and O–H groups in total. The van der Waals surface area contributed by atoms with Gasteiger partial charge in [0.2, 0.25) is 0 Å². The minimum Gasteiger partial charge on any atom is -0.462 e.